The van der Waals surface area contributed by atoms with Gasteiger partial charge in [0.15, 0.2) is 0 Å². The van der Waals surface area contributed by atoms with E-state index in [1.807, 2.05) is 0 Å². The standard InChI is InChI=1S/C16H33N3/c1-5-15-11-19(7-6-18(15)4)16(12-17)9-13(2)8-14(3)10-16/h13-15H,5-12,17H2,1-4H3. The predicted octanol–water partition coefficient (Wildman–Crippen LogP) is 2.17. The zero-order valence-corrected chi connectivity index (χ0v) is 13.4. The lowest BCUT2D eigenvalue weighted by molar-refractivity contribution is -0.0287. The Morgan fingerprint density at radius 2 is 1.79 bits per heavy atom. The Balaban J connectivity index is 2.12. The van der Waals surface area contributed by atoms with Crippen LogP contribution in [0.4, 0.5) is 0 Å². The van der Waals surface area contributed by atoms with E-state index in [-0.39, 0.29) is 5.54 Å². The number of hydrogen-bond acceptors (Lipinski definition) is 3. The molecule has 1 saturated heterocycles. The van der Waals surface area contributed by atoms with Crippen LogP contribution in [0.1, 0.15) is 46.5 Å². The fourth-order valence-corrected chi connectivity index (χ4v) is 4.61. The quantitative estimate of drug-likeness (QED) is 0.850. The maximum Gasteiger partial charge on any atom is 0.0338 e. The Morgan fingerprint density at radius 1 is 1.16 bits per heavy atom. The minimum absolute atomic E-state index is 0.283. The van der Waals surface area contributed by atoms with Crippen LogP contribution in [-0.4, -0.2) is 54.6 Å². The second-order valence-electron chi connectivity index (χ2n) is 7.27. The summed E-state index contributed by atoms with van der Waals surface area (Å²) in [4.78, 5) is 5.27. The molecule has 3 atom stereocenters. The molecular weight excluding hydrogens is 234 g/mol. The second-order valence-corrected chi connectivity index (χ2v) is 7.27. The van der Waals surface area contributed by atoms with Crippen molar-refractivity contribution in [2.24, 2.45) is 17.6 Å². The summed E-state index contributed by atoms with van der Waals surface area (Å²) in [5, 5.41) is 0. The smallest absolute Gasteiger partial charge is 0.0338 e. The highest BCUT2D eigenvalue weighted by Gasteiger charge is 2.43. The summed E-state index contributed by atoms with van der Waals surface area (Å²) in [6, 6.07) is 0.713. The van der Waals surface area contributed by atoms with E-state index in [2.05, 4.69) is 37.6 Å². The summed E-state index contributed by atoms with van der Waals surface area (Å²) in [5.74, 6) is 1.65. The first-order valence-corrected chi connectivity index (χ1v) is 8.16. The van der Waals surface area contributed by atoms with Crippen molar-refractivity contribution in [3.63, 3.8) is 0 Å². The molecule has 112 valence electrons. The number of likely N-dealkylation sites (N-methyl/N-ethyl adjacent to an activating group) is 1. The predicted molar refractivity (Wildman–Crippen MR) is 82.2 cm³/mol. The maximum absolute atomic E-state index is 6.26. The van der Waals surface area contributed by atoms with E-state index in [0.29, 0.717) is 6.04 Å². The van der Waals surface area contributed by atoms with Crippen molar-refractivity contribution in [3.8, 4) is 0 Å². The molecule has 19 heavy (non-hydrogen) atoms. The van der Waals surface area contributed by atoms with Gasteiger partial charge in [0.2, 0.25) is 0 Å². The summed E-state index contributed by atoms with van der Waals surface area (Å²) in [7, 11) is 2.27. The Morgan fingerprint density at radius 3 is 2.32 bits per heavy atom. The van der Waals surface area contributed by atoms with Crippen molar-refractivity contribution in [2.75, 3.05) is 33.2 Å². The molecular formula is C16H33N3. The van der Waals surface area contributed by atoms with Crippen molar-refractivity contribution in [3.05, 3.63) is 0 Å². The molecule has 2 fully saturated rings. The van der Waals surface area contributed by atoms with Crippen molar-refractivity contribution in [2.45, 2.75) is 58.0 Å². The van der Waals surface area contributed by atoms with Crippen molar-refractivity contribution < 1.29 is 0 Å². The highest BCUT2D eigenvalue weighted by Crippen LogP contribution is 2.40. The number of nitrogens with two attached hydrogens (primary N) is 1. The summed E-state index contributed by atoms with van der Waals surface area (Å²) in [5.41, 5.74) is 6.54. The minimum Gasteiger partial charge on any atom is -0.329 e. The third-order valence-electron chi connectivity index (χ3n) is 5.56. The summed E-state index contributed by atoms with van der Waals surface area (Å²) in [6.45, 7) is 11.6. The fraction of sp³-hybridized carbons (Fsp3) is 1.00. The van der Waals surface area contributed by atoms with E-state index in [0.717, 1.165) is 18.4 Å². The lowest BCUT2D eigenvalue weighted by Gasteiger charge is -2.53. The first-order chi connectivity index (χ1) is 9.00. The molecule has 3 nitrogen and oxygen atoms in total. The average molecular weight is 267 g/mol. The second kappa shape index (κ2) is 6.11. The van der Waals surface area contributed by atoms with Crippen LogP contribution < -0.4 is 5.73 Å². The van der Waals surface area contributed by atoms with Gasteiger partial charge in [0.25, 0.3) is 0 Å². The van der Waals surface area contributed by atoms with E-state index >= 15 is 0 Å². The van der Waals surface area contributed by atoms with E-state index in [1.54, 1.807) is 0 Å². The molecule has 0 bridgehead atoms. The molecule has 1 saturated carbocycles. The molecule has 3 unspecified atom stereocenters. The zero-order chi connectivity index (χ0) is 14.0. The summed E-state index contributed by atoms with van der Waals surface area (Å²) < 4.78 is 0. The summed E-state index contributed by atoms with van der Waals surface area (Å²) in [6.07, 6.45) is 5.23. The molecule has 1 aliphatic carbocycles. The molecule has 2 N–H and O–H groups in total. The molecule has 0 aromatic rings. The molecule has 0 amide bonds. The molecule has 0 spiro atoms. The SMILES string of the molecule is CCC1CN(C2(CN)CC(C)CC(C)C2)CCN1C. The minimum atomic E-state index is 0.283. The van der Waals surface area contributed by atoms with Gasteiger partial charge in [0.05, 0.1) is 0 Å². The van der Waals surface area contributed by atoms with Crippen molar-refractivity contribution >= 4 is 0 Å². The molecule has 0 aromatic heterocycles. The molecule has 3 heteroatoms. The monoisotopic (exact) mass is 267 g/mol. The number of nitrogens with zero attached hydrogens (tertiary/aromatic N) is 2. The van der Waals surface area contributed by atoms with E-state index in [9.17, 15) is 0 Å². The van der Waals surface area contributed by atoms with Gasteiger partial charge in [-0.25, -0.2) is 0 Å². The first-order valence-electron chi connectivity index (χ1n) is 8.16. The van der Waals surface area contributed by atoms with Crippen LogP contribution in [0, 0.1) is 11.8 Å². The Bertz CT molecular complexity index is 282. The number of hydrogen-bond donors (Lipinski definition) is 1. The summed E-state index contributed by atoms with van der Waals surface area (Å²) >= 11 is 0. The highest BCUT2D eigenvalue weighted by atomic mass is 15.3. The Hall–Kier alpha value is -0.120. The zero-order valence-electron chi connectivity index (χ0n) is 13.4. The van der Waals surface area contributed by atoms with Crippen LogP contribution in [0.25, 0.3) is 0 Å². The van der Waals surface area contributed by atoms with E-state index in [1.165, 1.54) is 45.3 Å². The highest BCUT2D eigenvalue weighted by molar-refractivity contribution is 5.00. The molecule has 2 aliphatic rings. The van der Waals surface area contributed by atoms with Gasteiger partial charge in [-0.05, 0) is 44.6 Å². The van der Waals surface area contributed by atoms with Crippen LogP contribution in [0.2, 0.25) is 0 Å². The molecule has 0 radical (unpaired) electrons. The lowest BCUT2D eigenvalue weighted by atomic mass is 9.70. The Kier molecular flexibility index (Phi) is 4.91. The van der Waals surface area contributed by atoms with E-state index < -0.39 is 0 Å². The Labute approximate surface area is 119 Å². The molecule has 2 rings (SSSR count). The number of piperazine rings is 1. The maximum atomic E-state index is 6.26. The van der Waals surface area contributed by atoms with Gasteiger partial charge in [0, 0.05) is 37.8 Å². The fourth-order valence-electron chi connectivity index (χ4n) is 4.61. The average Bonchev–Trinajstić information content (AvgIpc) is 2.37. The van der Waals surface area contributed by atoms with Gasteiger partial charge in [-0.1, -0.05) is 20.8 Å². The van der Waals surface area contributed by atoms with Gasteiger partial charge >= 0.3 is 0 Å². The van der Waals surface area contributed by atoms with Crippen LogP contribution in [0.3, 0.4) is 0 Å². The first kappa shape index (κ1) is 15.3. The number of rotatable bonds is 3. The third-order valence-corrected chi connectivity index (χ3v) is 5.56. The van der Waals surface area contributed by atoms with Crippen LogP contribution in [0.15, 0.2) is 0 Å². The third kappa shape index (κ3) is 3.14. The molecule has 1 aliphatic heterocycles. The molecule has 0 aromatic carbocycles. The lowest BCUT2D eigenvalue weighted by Crippen LogP contribution is -2.64. The largest absolute Gasteiger partial charge is 0.329 e. The van der Waals surface area contributed by atoms with Crippen LogP contribution in [0.5, 0.6) is 0 Å². The van der Waals surface area contributed by atoms with E-state index in [4.69, 9.17) is 5.73 Å². The van der Waals surface area contributed by atoms with Crippen molar-refractivity contribution in [1.29, 1.82) is 0 Å². The van der Waals surface area contributed by atoms with Crippen LogP contribution in [-0.2, 0) is 0 Å². The van der Waals surface area contributed by atoms with Gasteiger partial charge < -0.3 is 10.6 Å². The van der Waals surface area contributed by atoms with Gasteiger partial charge in [-0.3, -0.25) is 4.90 Å². The van der Waals surface area contributed by atoms with Gasteiger partial charge in [-0.2, -0.15) is 0 Å². The van der Waals surface area contributed by atoms with Gasteiger partial charge in [0.1, 0.15) is 0 Å². The van der Waals surface area contributed by atoms with Gasteiger partial charge in [-0.15, -0.1) is 0 Å². The topological polar surface area (TPSA) is 32.5 Å². The normalized spacial score (nSPS) is 42.5. The van der Waals surface area contributed by atoms with Crippen molar-refractivity contribution in [1.82, 2.24) is 9.80 Å². The molecule has 1 heterocycles. The van der Waals surface area contributed by atoms with Crippen LogP contribution >= 0.6 is 0 Å².